The monoisotopic (exact) mass is 440 g/mol. The Kier molecular flexibility index (Phi) is 7.30. The van der Waals surface area contributed by atoms with Gasteiger partial charge in [-0.2, -0.15) is 4.31 Å². The molecular weight excluding hydrogens is 408 g/mol. The van der Waals surface area contributed by atoms with Crippen molar-refractivity contribution in [1.29, 1.82) is 0 Å². The molecule has 0 amide bonds. The number of nitrogens with one attached hydrogen (secondary N) is 1. The van der Waals surface area contributed by atoms with E-state index in [0.29, 0.717) is 38.4 Å². The number of nitro benzene ring substituents is 1. The molecule has 2 aliphatic heterocycles. The van der Waals surface area contributed by atoms with Crippen molar-refractivity contribution in [2.45, 2.75) is 17.9 Å². The second-order valence-electron chi connectivity index (χ2n) is 8.21. The van der Waals surface area contributed by atoms with Gasteiger partial charge in [0.25, 0.3) is 5.69 Å². The Morgan fingerprint density at radius 2 is 1.60 bits per heavy atom. The summed E-state index contributed by atoms with van der Waals surface area (Å²) in [4.78, 5) is 17.8. The van der Waals surface area contributed by atoms with E-state index in [4.69, 9.17) is 0 Å². The Morgan fingerprint density at radius 3 is 2.17 bits per heavy atom. The van der Waals surface area contributed by atoms with Gasteiger partial charge in [0, 0.05) is 71.0 Å². The Hall–Kier alpha value is -1.79. The van der Waals surface area contributed by atoms with Gasteiger partial charge in [-0.1, -0.05) is 0 Å². The van der Waals surface area contributed by atoms with Crippen LogP contribution < -0.4 is 5.32 Å². The van der Waals surface area contributed by atoms with E-state index in [2.05, 4.69) is 34.0 Å². The fraction of sp³-hybridized carbons (Fsp3) is 0.684. The first-order valence-corrected chi connectivity index (χ1v) is 11.8. The number of nitrogens with zero attached hydrogens (tertiary/aromatic N) is 5. The first-order valence-electron chi connectivity index (χ1n) is 10.3. The lowest BCUT2D eigenvalue weighted by Gasteiger charge is -2.36. The third-order valence-corrected chi connectivity index (χ3v) is 7.91. The number of rotatable bonds is 7. The van der Waals surface area contributed by atoms with E-state index in [1.807, 2.05) is 7.05 Å². The van der Waals surface area contributed by atoms with Crippen LogP contribution in [0.2, 0.25) is 0 Å². The van der Waals surface area contributed by atoms with E-state index in [-0.39, 0.29) is 16.6 Å². The van der Waals surface area contributed by atoms with E-state index >= 15 is 0 Å². The number of piperazine rings is 2. The number of nitro groups is 1. The molecule has 168 valence electrons. The van der Waals surface area contributed by atoms with E-state index in [0.717, 1.165) is 26.2 Å². The summed E-state index contributed by atoms with van der Waals surface area (Å²) >= 11 is 0. The average molecular weight is 441 g/mol. The van der Waals surface area contributed by atoms with Crippen LogP contribution >= 0.6 is 0 Å². The number of hydrogen-bond acceptors (Lipinski definition) is 8. The van der Waals surface area contributed by atoms with Crippen molar-refractivity contribution in [2.75, 3.05) is 78.3 Å². The number of sulfonamides is 1. The minimum absolute atomic E-state index is 0.0311. The molecule has 0 radical (unpaired) electrons. The molecule has 1 aromatic rings. The number of benzene rings is 1. The average Bonchev–Trinajstić information content (AvgIpc) is 2.72. The van der Waals surface area contributed by atoms with Gasteiger partial charge in [-0.3, -0.25) is 15.0 Å². The van der Waals surface area contributed by atoms with Gasteiger partial charge in [0.05, 0.1) is 9.82 Å². The standard InChI is InChI=1S/C19H32N6O4S/c1-16(23-10-6-21(2)7-11-23)15-20-18-5-4-17(14-19(18)25(26)27)30(28,29)24-12-8-22(3)9-13-24/h4-5,14,16,20H,6-13,15H2,1-3H3. The maximum Gasteiger partial charge on any atom is 0.293 e. The van der Waals surface area contributed by atoms with E-state index in [1.54, 1.807) is 0 Å². The zero-order valence-electron chi connectivity index (χ0n) is 18.0. The second-order valence-corrected chi connectivity index (χ2v) is 10.2. The Balaban J connectivity index is 1.71. The van der Waals surface area contributed by atoms with Crippen molar-refractivity contribution in [3.63, 3.8) is 0 Å². The molecular formula is C19H32N6O4S. The van der Waals surface area contributed by atoms with Crippen molar-refractivity contribution < 1.29 is 13.3 Å². The third kappa shape index (κ3) is 5.27. The Morgan fingerprint density at radius 1 is 1.03 bits per heavy atom. The summed E-state index contributed by atoms with van der Waals surface area (Å²) in [6.45, 7) is 8.63. The van der Waals surface area contributed by atoms with Crippen LogP contribution in [0.4, 0.5) is 11.4 Å². The third-order valence-electron chi connectivity index (χ3n) is 6.02. The van der Waals surface area contributed by atoms with Crippen LogP contribution in [0.5, 0.6) is 0 Å². The molecule has 0 bridgehead atoms. The highest BCUT2D eigenvalue weighted by molar-refractivity contribution is 7.89. The van der Waals surface area contributed by atoms with Gasteiger partial charge in [-0.05, 0) is 33.2 Å². The van der Waals surface area contributed by atoms with Gasteiger partial charge >= 0.3 is 0 Å². The molecule has 1 N–H and O–H groups in total. The van der Waals surface area contributed by atoms with Crippen LogP contribution in [-0.2, 0) is 10.0 Å². The quantitative estimate of drug-likeness (QED) is 0.485. The fourth-order valence-corrected chi connectivity index (χ4v) is 5.24. The van der Waals surface area contributed by atoms with Crippen molar-refractivity contribution in [3.05, 3.63) is 28.3 Å². The predicted octanol–water partition coefficient (Wildman–Crippen LogP) is 0.579. The van der Waals surface area contributed by atoms with E-state index in [1.165, 1.54) is 22.5 Å². The van der Waals surface area contributed by atoms with Gasteiger partial charge in [0.1, 0.15) is 5.69 Å². The zero-order chi connectivity index (χ0) is 21.9. The van der Waals surface area contributed by atoms with Crippen LogP contribution in [0.3, 0.4) is 0 Å². The van der Waals surface area contributed by atoms with Crippen LogP contribution in [-0.4, -0.2) is 111 Å². The number of likely N-dealkylation sites (N-methyl/N-ethyl adjacent to an activating group) is 2. The minimum Gasteiger partial charge on any atom is -0.378 e. The molecule has 11 heteroatoms. The van der Waals surface area contributed by atoms with Crippen LogP contribution in [0.15, 0.2) is 23.1 Å². The SMILES string of the molecule is CC(CNc1ccc(S(=O)(=O)N2CCN(C)CC2)cc1[N+](=O)[O-])N1CCN(C)CC1. The summed E-state index contributed by atoms with van der Waals surface area (Å²) < 4.78 is 27.3. The molecule has 30 heavy (non-hydrogen) atoms. The van der Waals surface area contributed by atoms with Gasteiger partial charge in [-0.25, -0.2) is 8.42 Å². The molecule has 2 heterocycles. The second kappa shape index (κ2) is 9.56. The van der Waals surface area contributed by atoms with Crippen molar-refractivity contribution in [1.82, 2.24) is 19.0 Å². The van der Waals surface area contributed by atoms with Crippen molar-refractivity contribution >= 4 is 21.4 Å². The Bertz CT molecular complexity index is 849. The van der Waals surface area contributed by atoms with Crippen molar-refractivity contribution in [2.24, 2.45) is 0 Å². The normalized spacial score (nSPS) is 21.4. The highest BCUT2D eigenvalue weighted by Crippen LogP contribution is 2.29. The first-order chi connectivity index (χ1) is 14.2. The van der Waals surface area contributed by atoms with Gasteiger partial charge in [-0.15, -0.1) is 0 Å². The maximum absolute atomic E-state index is 12.9. The lowest BCUT2D eigenvalue weighted by atomic mass is 10.2. The summed E-state index contributed by atoms with van der Waals surface area (Å²) in [5.41, 5.74) is 0.133. The van der Waals surface area contributed by atoms with Crippen LogP contribution in [0.1, 0.15) is 6.92 Å². The lowest BCUT2D eigenvalue weighted by molar-refractivity contribution is -0.384. The van der Waals surface area contributed by atoms with E-state index < -0.39 is 14.9 Å². The molecule has 2 saturated heterocycles. The molecule has 2 aliphatic rings. The zero-order valence-corrected chi connectivity index (χ0v) is 18.8. The van der Waals surface area contributed by atoms with Gasteiger partial charge in [0.2, 0.25) is 10.0 Å². The highest BCUT2D eigenvalue weighted by Gasteiger charge is 2.30. The Labute approximate surface area is 178 Å². The van der Waals surface area contributed by atoms with Gasteiger partial charge < -0.3 is 15.1 Å². The summed E-state index contributed by atoms with van der Waals surface area (Å²) in [6.07, 6.45) is 0. The van der Waals surface area contributed by atoms with Crippen molar-refractivity contribution in [3.8, 4) is 0 Å². The molecule has 0 aliphatic carbocycles. The first kappa shape index (κ1) is 22.9. The smallest absolute Gasteiger partial charge is 0.293 e. The summed E-state index contributed by atoms with van der Waals surface area (Å²) in [5.74, 6) is 0. The largest absolute Gasteiger partial charge is 0.378 e. The molecule has 0 saturated carbocycles. The van der Waals surface area contributed by atoms with Crippen LogP contribution in [0, 0.1) is 10.1 Å². The predicted molar refractivity (Wildman–Crippen MR) is 116 cm³/mol. The molecule has 10 nitrogen and oxygen atoms in total. The minimum atomic E-state index is -3.75. The van der Waals surface area contributed by atoms with Gasteiger partial charge in [0.15, 0.2) is 0 Å². The molecule has 3 rings (SSSR count). The lowest BCUT2D eigenvalue weighted by Crippen LogP contribution is -2.49. The molecule has 1 unspecified atom stereocenters. The molecule has 0 spiro atoms. The molecule has 1 atom stereocenters. The summed E-state index contributed by atoms with van der Waals surface area (Å²) in [6, 6.07) is 4.37. The molecule has 1 aromatic carbocycles. The topological polar surface area (TPSA) is 102 Å². The number of hydrogen-bond donors (Lipinski definition) is 1. The maximum atomic E-state index is 12.9. The van der Waals surface area contributed by atoms with Crippen LogP contribution in [0.25, 0.3) is 0 Å². The molecule has 2 fully saturated rings. The highest BCUT2D eigenvalue weighted by atomic mass is 32.2. The number of anilines is 1. The summed E-state index contributed by atoms with van der Waals surface area (Å²) in [5, 5.41) is 14.8. The fourth-order valence-electron chi connectivity index (χ4n) is 3.80. The molecule has 0 aromatic heterocycles. The summed E-state index contributed by atoms with van der Waals surface area (Å²) in [7, 11) is 0.291. The van der Waals surface area contributed by atoms with E-state index in [9.17, 15) is 18.5 Å².